The van der Waals surface area contributed by atoms with E-state index in [-0.39, 0.29) is 36.7 Å². The van der Waals surface area contributed by atoms with Crippen LogP contribution < -0.4 is 4.90 Å². The van der Waals surface area contributed by atoms with Crippen molar-refractivity contribution in [1.29, 1.82) is 0 Å². The molecule has 1 aliphatic rings. The third-order valence-corrected chi connectivity index (χ3v) is 6.50. The van der Waals surface area contributed by atoms with Crippen LogP contribution in [0.3, 0.4) is 0 Å². The summed E-state index contributed by atoms with van der Waals surface area (Å²) in [4.78, 5) is 27.8. The molecular weight excluding hydrogens is 558 g/mol. The number of alkyl halides is 6. The number of nitrogens with one attached hydrogen (secondary N) is 1. The van der Waals surface area contributed by atoms with Gasteiger partial charge >= 0.3 is 18.5 Å². The zero-order valence-electron chi connectivity index (χ0n) is 22.3. The molecular formula is C26H28F6N6O3. The Bertz CT molecular complexity index is 1280. The summed E-state index contributed by atoms with van der Waals surface area (Å²) in [6.45, 7) is 4.89. The Kier molecular flexibility index (Phi) is 8.75. The smallest absolute Gasteiger partial charge is 0.430 e. The molecule has 1 N–H and O–H groups in total. The fraction of sp³-hybridized carbons (Fsp3) is 0.462. The first kappa shape index (κ1) is 30.1. The molecule has 0 unspecified atom stereocenters. The van der Waals surface area contributed by atoms with Crippen molar-refractivity contribution < 1.29 is 40.7 Å². The number of hydroxylamine groups is 2. The highest BCUT2D eigenvalue weighted by atomic mass is 19.4. The molecule has 41 heavy (non-hydrogen) atoms. The number of aromatic nitrogens is 4. The maximum atomic E-state index is 13.6. The number of anilines is 1. The number of hydrogen-bond donors (Lipinski definition) is 1. The van der Waals surface area contributed by atoms with Crippen molar-refractivity contribution in [2.45, 2.75) is 70.7 Å². The van der Waals surface area contributed by atoms with Crippen LogP contribution in [0, 0.1) is 0 Å². The van der Waals surface area contributed by atoms with Crippen LogP contribution in [0.5, 0.6) is 0 Å². The van der Waals surface area contributed by atoms with E-state index in [9.17, 15) is 31.1 Å². The number of hydrogen-bond acceptors (Lipinski definition) is 8. The van der Waals surface area contributed by atoms with Gasteiger partial charge in [-0.15, -0.1) is 5.06 Å². The molecule has 3 aromatic rings. The lowest BCUT2D eigenvalue weighted by Gasteiger charge is -2.29. The maximum Gasteiger partial charge on any atom is 0.528 e. The predicted octanol–water partition coefficient (Wildman–Crippen LogP) is 6.24. The standard InChI is InChI=1S/C26H28F6N6O3/c1-4-21-8-22(14-38(21)41-24(39)40-15(2)3)37(23-33-9-17(10-34-23)18-11-35-36-12-18)13-16-5-19(25(27,28)29)7-20(6-16)26(30,31)32/h5-7,9-12,15,21-22H,4,8,13-14H2,1-3H3,(H,35,36)/t21-,22+/m1/s1. The summed E-state index contributed by atoms with van der Waals surface area (Å²) in [5.41, 5.74) is -1.79. The van der Waals surface area contributed by atoms with Gasteiger partial charge in [0.2, 0.25) is 5.95 Å². The summed E-state index contributed by atoms with van der Waals surface area (Å²) in [5, 5.41) is 7.94. The van der Waals surface area contributed by atoms with E-state index in [4.69, 9.17) is 9.57 Å². The summed E-state index contributed by atoms with van der Waals surface area (Å²) in [7, 11) is 0. The average Bonchev–Trinajstić information content (AvgIpc) is 3.56. The van der Waals surface area contributed by atoms with Gasteiger partial charge in [-0.1, -0.05) is 6.92 Å². The zero-order valence-corrected chi connectivity index (χ0v) is 22.3. The van der Waals surface area contributed by atoms with Gasteiger partial charge in [-0.25, -0.2) is 14.8 Å². The first-order chi connectivity index (χ1) is 19.2. The van der Waals surface area contributed by atoms with Crippen LogP contribution in [-0.2, 0) is 28.5 Å². The molecule has 0 aliphatic carbocycles. The number of H-pyrrole nitrogens is 1. The summed E-state index contributed by atoms with van der Waals surface area (Å²) in [6, 6.07) is 0.628. The van der Waals surface area contributed by atoms with Crippen molar-refractivity contribution in [2.75, 3.05) is 11.4 Å². The lowest BCUT2D eigenvalue weighted by molar-refractivity contribution is -0.143. The van der Waals surface area contributed by atoms with Gasteiger partial charge in [0.05, 0.1) is 30.0 Å². The Labute approximate surface area is 231 Å². The summed E-state index contributed by atoms with van der Waals surface area (Å²) < 4.78 is 86.4. The number of carbonyl (C=O) groups excluding carboxylic acids is 1. The molecule has 2 aromatic heterocycles. The maximum absolute atomic E-state index is 13.6. The van der Waals surface area contributed by atoms with E-state index in [1.54, 1.807) is 26.2 Å². The van der Waals surface area contributed by atoms with Crippen molar-refractivity contribution in [3.8, 4) is 11.1 Å². The Hall–Kier alpha value is -3.88. The molecule has 1 aromatic carbocycles. The summed E-state index contributed by atoms with van der Waals surface area (Å²) >= 11 is 0. The monoisotopic (exact) mass is 586 g/mol. The van der Waals surface area contributed by atoms with Gasteiger partial charge in [0.15, 0.2) is 0 Å². The van der Waals surface area contributed by atoms with Crippen LogP contribution in [0.25, 0.3) is 11.1 Å². The number of benzene rings is 1. The molecule has 1 fully saturated rings. The number of rotatable bonds is 8. The third kappa shape index (κ3) is 7.45. The number of carbonyl (C=O) groups is 1. The van der Waals surface area contributed by atoms with E-state index in [2.05, 4.69) is 20.2 Å². The minimum absolute atomic E-state index is 0.0784. The Morgan fingerprint density at radius 1 is 1.05 bits per heavy atom. The van der Waals surface area contributed by atoms with E-state index in [0.29, 0.717) is 36.1 Å². The van der Waals surface area contributed by atoms with Crippen LogP contribution >= 0.6 is 0 Å². The van der Waals surface area contributed by atoms with Gasteiger partial charge in [0.1, 0.15) is 0 Å². The van der Waals surface area contributed by atoms with Crippen molar-refractivity contribution in [3.05, 3.63) is 59.7 Å². The van der Waals surface area contributed by atoms with Gasteiger partial charge in [-0.2, -0.15) is 31.4 Å². The Morgan fingerprint density at radius 3 is 2.20 bits per heavy atom. The van der Waals surface area contributed by atoms with E-state index in [1.807, 2.05) is 6.92 Å². The zero-order chi connectivity index (χ0) is 29.9. The molecule has 222 valence electrons. The fourth-order valence-electron chi connectivity index (χ4n) is 4.58. The first-order valence-corrected chi connectivity index (χ1v) is 12.8. The first-order valence-electron chi connectivity index (χ1n) is 12.8. The SMILES string of the molecule is CC[C@@H]1C[C@H](N(Cc2cc(C(F)(F)F)cc(C(F)(F)F)c2)c2ncc(-c3cn[nH]c3)cn2)CN1OC(=O)OC(C)C. The lowest BCUT2D eigenvalue weighted by atomic mass is 10.0. The number of ether oxygens (including phenoxy) is 1. The van der Waals surface area contributed by atoms with Gasteiger partial charge < -0.3 is 14.5 Å². The van der Waals surface area contributed by atoms with Gasteiger partial charge in [0.25, 0.3) is 0 Å². The molecule has 0 radical (unpaired) electrons. The molecule has 9 nitrogen and oxygen atoms in total. The topological polar surface area (TPSA) is 96.5 Å². The van der Waals surface area contributed by atoms with Crippen LogP contribution in [0.15, 0.2) is 43.0 Å². The molecule has 2 atom stereocenters. The van der Waals surface area contributed by atoms with E-state index in [0.717, 1.165) is 0 Å². The highest BCUT2D eigenvalue weighted by molar-refractivity contribution is 5.60. The third-order valence-electron chi connectivity index (χ3n) is 6.50. The fourth-order valence-corrected chi connectivity index (χ4v) is 4.58. The molecule has 3 heterocycles. The quantitative estimate of drug-likeness (QED) is 0.245. The van der Waals surface area contributed by atoms with Crippen LogP contribution in [0.2, 0.25) is 0 Å². The van der Waals surface area contributed by atoms with Crippen molar-refractivity contribution >= 4 is 12.1 Å². The summed E-state index contributed by atoms with van der Waals surface area (Å²) in [6.07, 6.45) is -4.30. The second-order valence-electron chi connectivity index (χ2n) is 9.86. The van der Waals surface area contributed by atoms with Crippen LogP contribution in [0.1, 0.15) is 50.3 Å². The molecule has 15 heteroatoms. The summed E-state index contributed by atoms with van der Waals surface area (Å²) in [5.74, 6) is 0.0784. The molecule has 0 saturated carbocycles. The molecule has 4 rings (SSSR count). The molecule has 0 bridgehead atoms. The van der Waals surface area contributed by atoms with E-state index >= 15 is 0 Å². The van der Waals surface area contributed by atoms with Gasteiger partial charge in [-0.05, 0) is 50.5 Å². The Morgan fingerprint density at radius 2 is 1.68 bits per heavy atom. The van der Waals surface area contributed by atoms with Gasteiger partial charge in [-0.3, -0.25) is 5.10 Å². The highest BCUT2D eigenvalue weighted by Crippen LogP contribution is 2.37. The van der Waals surface area contributed by atoms with Crippen molar-refractivity contribution in [2.24, 2.45) is 0 Å². The van der Waals surface area contributed by atoms with E-state index < -0.39 is 41.8 Å². The van der Waals surface area contributed by atoms with Crippen molar-refractivity contribution in [3.63, 3.8) is 0 Å². The number of halogens is 6. The normalized spacial score (nSPS) is 18.1. The molecule has 0 spiro atoms. The minimum Gasteiger partial charge on any atom is -0.430 e. The van der Waals surface area contributed by atoms with E-state index in [1.165, 1.54) is 22.4 Å². The van der Waals surface area contributed by atoms with Crippen LogP contribution in [-0.4, -0.2) is 56.1 Å². The number of nitrogens with zero attached hydrogens (tertiary/aromatic N) is 5. The average molecular weight is 587 g/mol. The second kappa shape index (κ2) is 11.9. The number of aromatic amines is 1. The second-order valence-corrected chi connectivity index (χ2v) is 9.86. The molecule has 0 amide bonds. The largest absolute Gasteiger partial charge is 0.528 e. The molecule has 1 aliphatic heterocycles. The lowest BCUT2D eigenvalue weighted by Crippen LogP contribution is -2.39. The highest BCUT2D eigenvalue weighted by Gasteiger charge is 2.40. The van der Waals surface area contributed by atoms with Crippen molar-refractivity contribution in [1.82, 2.24) is 25.2 Å². The molecule has 1 saturated heterocycles. The minimum atomic E-state index is -4.99. The van der Waals surface area contributed by atoms with Gasteiger partial charge in [0, 0.05) is 48.3 Å². The van der Waals surface area contributed by atoms with Crippen LogP contribution in [0.4, 0.5) is 37.1 Å². The Balaban J connectivity index is 1.70. The predicted molar refractivity (Wildman–Crippen MR) is 134 cm³/mol.